The Bertz CT molecular complexity index is 212. The molecule has 1 heterocycles. The summed E-state index contributed by atoms with van der Waals surface area (Å²) in [7, 11) is 0. The van der Waals surface area contributed by atoms with Crippen LogP contribution in [0, 0.1) is 0 Å². The van der Waals surface area contributed by atoms with Crippen molar-refractivity contribution in [2.75, 3.05) is 0 Å². The zero-order valence-electron chi connectivity index (χ0n) is 5.77. The summed E-state index contributed by atoms with van der Waals surface area (Å²) in [6.07, 6.45) is 2.90. The summed E-state index contributed by atoms with van der Waals surface area (Å²) in [4.78, 5) is 13.8. The van der Waals surface area contributed by atoms with Crippen LogP contribution in [0.1, 0.15) is 10.4 Å². The number of carboxylic acid groups (broad SMARTS) is 1. The highest BCUT2D eigenvalue weighted by Crippen LogP contribution is 1.93. The van der Waals surface area contributed by atoms with Gasteiger partial charge in [0.05, 0.1) is 5.56 Å². The van der Waals surface area contributed by atoms with E-state index in [1.807, 2.05) is 0 Å². The maximum absolute atomic E-state index is 10.2. The monoisotopic (exact) mass is 155 g/mol. The average Bonchev–Trinajstić information content (AvgIpc) is 2.10. The minimum absolute atomic E-state index is 0.269. The lowest BCUT2D eigenvalue weighted by molar-refractivity contribution is 0.0697. The van der Waals surface area contributed by atoms with Crippen LogP contribution in [0.3, 0.4) is 0 Å². The van der Waals surface area contributed by atoms with Crippen molar-refractivity contribution in [2.45, 2.75) is 0 Å². The fourth-order valence-corrected chi connectivity index (χ4v) is 0.494. The van der Waals surface area contributed by atoms with E-state index < -0.39 is 5.97 Å². The average molecular weight is 155 g/mol. The summed E-state index contributed by atoms with van der Waals surface area (Å²) >= 11 is 0. The highest BCUT2D eigenvalue weighted by Gasteiger charge is 1.97. The van der Waals surface area contributed by atoms with Gasteiger partial charge in [0, 0.05) is 12.4 Å². The topological polar surface area (TPSA) is 102 Å². The number of aromatic nitrogens is 1. The van der Waals surface area contributed by atoms with Crippen molar-refractivity contribution in [1.29, 1.82) is 0 Å². The van der Waals surface area contributed by atoms with E-state index in [2.05, 4.69) is 16.7 Å². The fourth-order valence-electron chi connectivity index (χ4n) is 0.494. The number of nitrogens with zero attached hydrogens (tertiary/aromatic N) is 1. The van der Waals surface area contributed by atoms with Gasteiger partial charge in [0.2, 0.25) is 0 Å². The van der Waals surface area contributed by atoms with Crippen LogP contribution >= 0.6 is 0 Å². The van der Waals surface area contributed by atoms with E-state index in [-0.39, 0.29) is 5.56 Å². The predicted molar refractivity (Wildman–Crippen MR) is 39.6 cm³/mol. The Morgan fingerprint density at radius 3 is 2.09 bits per heavy atom. The zero-order valence-corrected chi connectivity index (χ0v) is 5.77. The second-order valence-corrected chi connectivity index (χ2v) is 1.54. The Kier molecular flexibility index (Phi) is 4.63. The summed E-state index contributed by atoms with van der Waals surface area (Å²) in [5, 5.41) is 8.36. The number of hydrazine groups is 1. The summed E-state index contributed by atoms with van der Waals surface area (Å²) < 4.78 is 0. The highest BCUT2D eigenvalue weighted by atomic mass is 16.4. The van der Waals surface area contributed by atoms with Crippen molar-refractivity contribution in [3.8, 4) is 0 Å². The molecule has 0 unspecified atom stereocenters. The number of hydrogen-bond acceptors (Lipinski definition) is 4. The number of nitrogens with two attached hydrogens (primary N) is 2. The van der Waals surface area contributed by atoms with Gasteiger partial charge in [-0.15, -0.1) is 0 Å². The maximum Gasteiger partial charge on any atom is 0.335 e. The molecular formula is C6H9N3O2. The van der Waals surface area contributed by atoms with Crippen molar-refractivity contribution < 1.29 is 9.90 Å². The van der Waals surface area contributed by atoms with Gasteiger partial charge in [0.1, 0.15) is 0 Å². The van der Waals surface area contributed by atoms with Crippen LogP contribution < -0.4 is 11.7 Å². The third-order valence-corrected chi connectivity index (χ3v) is 0.927. The summed E-state index contributed by atoms with van der Waals surface area (Å²) in [5.41, 5.74) is 0.269. The Hall–Kier alpha value is -1.46. The van der Waals surface area contributed by atoms with Crippen LogP contribution in [0.5, 0.6) is 0 Å². The third kappa shape index (κ3) is 3.29. The number of hydrogen-bond donors (Lipinski definition) is 3. The smallest absolute Gasteiger partial charge is 0.335 e. The molecule has 0 spiro atoms. The number of aromatic carboxylic acids is 1. The van der Waals surface area contributed by atoms with Crippen LogP contribution in [-0.2, 0) is 0 Å². The molecule has 0 bridgehead atoms. The first-order valence-corrected chi connectivity index (χ1v) is 2.77. The van der Waals surface area contributed by atoms with Gasteiger partial charge in [-0.1, -0.05) is 0 Å². The second-order valence-electron chi connectivity index (χ2n) is 1.54. The number of pyridine rings is 1. The van der Waals surface area contributed by atoms with Gasteiger partial charge in [-0.2, -0.15) is 0 Å². The number of carboxylic acids is 1. The van der Waals surface area contributed by atoms with Gasteiger partial charge in [-0.05, 0) is 12.1 Å². The van der Waals surface area contributed by atoms with Crippen molar-refractivity contribution in [3.63, 3.8) is 0 Å². The molecule has 0 aliphatic rings. The van der Waals surface area contributed by atoms with Gasteiger partial charge in [-0.25, -0.2) is 4.79 Å². The van der Waals surface area contributed by atoms with E-state index in [0.717, 1.165) is 0 Å². The van der Waals surface area contributed by atoms with Gasteiger partial charge < -0.3 is 5.11 Å². The van der Waals surface area contributed by atoms with Gasteiger partial charge in [0.25, 0.3) is 0 Å². The van der Waals surface area contributed by atoms with Crippen molar-refractivity contribution in [2.24, 2.45) is 11.7 Å². The standard InChI is InChI=1S/C6H5NO2.H4N2/c8-6(9)5-1-3-7-4-2-5;1-2/h1-4H,(H,8,9);1-2H2. The van der Waals surface area contributed by atoms with Gasteiger partial charge in [0.15, 0.2) is 0 Å². The van der Waals surface area contributed by atoms with E-state index in [0.29, 0.717) is 0 Å². The molecule has 0 aliphatic heterocycles. The normalized spacial score (nSPS) is 7.82. The van der Waals surface area contributed by atoms with E-state index in [4.69, 9.17) is 5.11 Å². The van der Waals surface area contributed by atoms with Gasteiger partial charge in [-0.3, -0.25) is 16.7 Å². The molecule has 60 valence electrons. The lowest BCUT2D eigenvalue weighted by Crippen LogP contribution is -2.02. The highest BCUT2D eigenvalue weighted by molar-refractivity contribution is 5.87. The Morgan fingerprint density at radius 1 is 1.36 bits per heavy atom. The van der Waals surface area contributed by atoms with Gasteiger partial charge >= 0.3 is 5.97 Å². The van der Waals surface area contributed by atoms with E-state index in [1.54, 1.807) is 0 Å². The summed E-state index contributed by atoms with van der Waals surface area (Å²) in [6.45, 7) is 0. The molecule has 0 radical (unpaired) electrons. The largest absolute Gasteiger partial charge is 0.478 e. The lowest BCUT2D eigenvalue weighted by Gasteiger charge is -1.87. The molecule has 0 amide bonds. The molecule has 5 nitrogen and oxygen atoms in total. The second kappa shape index (κ2) is 5.33. The van der Waals surface area contributed by atoms with Crippen LogP contribution in [0.25, 0.3) is 0 Å². The molecule has 0 saturated carbocycles. The number of rotatable bonds is 1. The molecule has 0 saturated heterocycles. The first kappa shape index (κ1) is 9.54. The molecular weight excluding hydrogens is 146 g/mol. The minimum Gasteiger partial charge on any atom is -0.478 e. The Balaban J connectivity index is 0.000000461. The molecule has 1 rings (SSSR count). The predicted octanol–water partition coefficient (Wildman–Crippen LogP) is -0.401. The molecule has 1 aromatic rings. The van der Waals surface area contributed by atoms with Crippen LogP contribution in [-0.4, -0.2) is 16.1 Å². The van der Waals surface area contributed by atoms with Crippen LogP contribution in [0.15, 0.2) is 24.5 Å². The molecule has 5 N–H and O–H groups in total. The quantitative estimate of drug-likeness (QED) is 0.378. The molecule has 0 fully saturated rings. The Labute approximate surface area is 63.6 Å². The molecule has 5 heteroatoms. The first-order chi connectivity index (χ1) is 5.30. The van der Waals surface area contributed by atoms with E-state index in [1.165, 1.54) is 24.5 Å². The maximum atomic E-state index is 10.2. The van der Waals surface area contributed by atoms with Crippen molar-refractivity contribution in [1.82, 2.24) is 4.98 Å². The minimum atomic E-state index is -0.919. The molecule has 0 aliphatic carbocycles. The molecule has 0 aromatic carbocycles. The first-order valence-electron chi connectivity index (χ1n) is 2.77. The van der Waals surface area contributed by atoms with Crippen LogP contribution in [0.4, 0.5) is 0 Å². The van der Waals surface area contributed by atoms with Crippen molar-refractivity contribution >= 4 is 5.97 Å². The third-order valence-electron chi connectivity index (χ3n) is 0.927. The molecule has 11 heavy (non-hydrogen) atoms. The lowest BCUT2D eigenvalue weighted by atomic mass is 10.3. The number of carbonyl (C=O) groups is 1. The van der Waals surface area contributed by atoms with Crippen molar-refractivity contribution in [3.05, 3.63) is 30.1 Å². The summed E-state index contributed by atoms with van der Waals surface area (Å²) in [6, 6.07) is 2.89. The van der Waals surface area contributed by atoms with Crippen LogP contribution in [0.2, 0.25) is 0 Å². The van der Waals surface area contributed by atoms with E-state index in [9.17, 15) is 4.79 Å². The summed E-state index contributed by atoms with van der Waals surface area (Å²) in [5.74, 6) is 7.08. The molecule has 0 atom stereocenters. The zero-order chi connectivity index (χ0) is 8.69. The fraction of sp³-hybridized carbons (Fsp3) is 0. The molecule has 1 aromatic heterocycles. The van der Waals surface area contributed by atoms with E-state index >= 15 is 0 Å². The SMILES string of the molecule is NN.O=C(O)c1ccncc1. The Morgan fingerprint density at radius 2 is 1.82 bits per heavy atom.